The van der Waals surface area contributed by atoms with Crippen molar-refractivity contribution < 1.29 is 22.5 Å². The molecule has 31 heavy (non-hydrogen) atoms. The van der Waals surface area contributed by atoms with Crippen LogP contribution in [0.2, 0.25) is 0 Å². The number of rotatable bonds is 6. The molecule has 0 aliphatic heterocycles. The second-order valence-corrected chi connectivity index (χ2v) is 11.2. The Balaban J connectivity index is 2.13. The molecule has 166 valence electrons. The van der Waals surface area contributed by atoms with E-state index < -0.39 is 30.5 Å². The van der Waals surface area contributed by atoms with Crippen molar-refractivity contribution in [1.29, 1.82) is 0 Å². The Labute approximate surface area is 179 Å². The predicted molar refractivity (Wildman–Crippen MR) is 118 cm³/mol. The zero-order chi connectivity index (χ0) is 23.1. The van der Waals surface area contributed by atoms with E-state index in [0.717, 1.165) is 6.07 Å². The van der Waals surface area contributed by atoms with Crippen LogP contribution in [-0.4, -0.2) is 30.4 Å². The van der Waals surface area contributed by atoms with E-state index >= 15 is 0 Å². The summed E-state index contributed by atoms with van der Waals surface area (Å²) in [5, 5.41) is 4.22. The minimum atomic E-state index is -3.30. The quantitative estimate of drug-likeness (QED) is 0.493. The van der Waals surface area contributed by atoms with Crippen LogP contribution in [0.1, 0.15) is 36.8 Å². The zero-order valence-corrected chi connectivity index (χ0v) is 19.2. The van der Waals surface area contributed by atoms with Gasteiger partial charge in [0.25, 0.3) is 5.92 Å². The van der Waals surface area contributed by atoms with Crippen molar-refractivity contribution in [3.63, 3.8) is 0 Å². The highest BCUT2D eigenvalue weighted by Crippen LogP contribution is 2.41. The van der Waals surface area contributed by atoms with Crippen LogP contribution in [-0.2, 0) is 10.5 Å². The van der Waals surface area contributed by atoms with Crippen LogP contribution in [0.25, 0.3) is 10.9 Å². The van der Waals surface area contributed by atoms with Crippen LogP contribution in [0.4, 0.5) is 19.0 Å². The topological polar surface area (TPSA) is 64.1 Å². The third kappa shape index (κ3) is 4.69. The van der Waals surface area contributed by atoms with E-state index in [4.69, 9.17) is 4.74 Å². The molecule has 0 radical (unpaired) electrons. The molecule has 0 amide bonds. The molecule has 0 aliphatic carbocycles. The molecule has 5 nitrogen and oxygen atoms in total. The van der Waals surface area contributed by atoms with Gasteiger partial charge in [-0.2, -0.15) is 0 Å². The molecule has 1 heterocycles. The average Bonchev–Trinajstić information content (AvgIpc) is 2.65. The molecule has 0 unspecified atom stereocenters. The lowest BCUT2D eigenvalue weighted by Crippen LogP contribution is -2.16. The van der Waals surface area contributed by atoms with Crippen LogP contribution in [0.5, 0.6) is 5.75 Å². The lowest BCUT2D eigenvalue weighted by Gasteiger charge is -2.21. The van der Waals surface area contributed by atoms with Gasteiger partial charge in [-0.1, -0.05) is 18.2 Å². The zero-order valence-electron chi connectivity index (χ0n) is 18.3. The van der Waals surface area contributed by atoms with Gasteiger partial charge in [0.05, 0.1) is 29.5 Å². The first-order valence-electron chi connectivity index (χ1n) is 9.68. The first-order chi connectivity index (χ1) is 14.3. The normalized spacial score (nSPS) is 13.3. The number of methoxy groups -OCH3 is 1. The van der Waals surface area contributed by atoms with Gasteiger partial charge in [-0.25, -0.2) is 23.1 Å². The van der Waals surface area contributed by atoms with Crippen molar-refractivity contribution in [3.05, 3.63) is 53.1 Å². The number of halogens is 3. The maximum absolute atomic E-state index is 14.8. The Bertz CT molecular complexity index is 1190. The number of aryl methyl sites for hydroxylation is 1. The SMILES string of the molecule is COc1cc2nc(C)nc(N[C@H](C)c3cccc(C(C)(F)F)c3F)c2cc1P(C)(C)=O. The Kier molecular flexibility index (Phi) is 6.07. The molecule has 0 saturated carbocycles. The summed E-state index contributed by atoms with van der Waals surface area (Å²) in [6.07, 6.45) is 0. The lowest BCUT2D eigenvalue weighted by molar-refractivity contribution is 0.0136. The number of aromatic nitrogens is 2. The van der Waals surface area contributed by atoms with Gasteiger partial charge in [0, 0.05) is 23.9 Å². The Hall–Kier alpha value is -2.60. The maximum atomic E-state index is 14.8. The number of nitrogens with one attached hydrogen (secondary N) is 1. The van der Waals surface area contributed by atoms with Crippen LogP contribution in [0, 0.1) is 12.7 Å². The number of fused-ring (bicyclic) bond motifs is 1. The van der Waals surface area contributed by atoms with Crippen molar-refractivity contribution in [2.75, 3.05) is 25.8 Å². The summed E-state index contributed by atoms with van der Waals surface area (Å²) in [4.78, 5) is 8.84. The van der Waals surface area contributed by atoms with Crippen LogP contribution < -0.4 is 15.4 Å². The van der Waals surface area contributed by atoms with Gasteiger partial charge in [0.2, 0.25) is 0 Å². The second-order valence-electron chi connectivity index (χ2n) is 7.97. The smallest absolute Gasteiger partial charge is 0.273 e. The number of benzene rings is 2. The van der Waals surface area contributed by atoms with E-state index in [2.05, 4.69) is 15.3 Å². The van der Waals surface area contributed by atoms with E-state index in [1.807, 2.05) is 0 Å². The van der Waals surface area contributed by atoms with Gasteiger partial charge < -0.3 is 14.6 Å². The molecule has 1 N–H and O–H groups in total. The van der Waals surface area contributed by atoms with Gasteiger partial charge in [-0.05, 0) is 33.2 Å². The van der Waals surface area contributed by atoms with E-state index in [1.54, 1.807) is 39.3 Å². The fourth-order valence-corrected chi connectivity index (χ4v) is 4.59. The predicted octanol–water partition coefficient (Wildman–Crippen LogP) is 5.62. The fraction of sp³-hybridized carbons (Fsp3) is 0.364. The highest BCUT2D eigenvalue weighted by Gasteiger charge is 2.30. The molecule has 9 heteroatoms. The van der Waals surface area contributed by atoms with Crippen LogP contribution >= 0.6 is 7.14 Å². The van der Waals surface area contributed by atoms with Gasteiger partial charge in [-0.3, -0.25) is 0 Å². The number of nitrogens with zero attached hydrogens (tertiary/aromatic N) is 2. The minimum Gasteiger partial charge on any atom is -0.496 e. The van der Waals surface area contributed by atoms with Crippen molar-refractivity contribution in [2.45, 2.75) is 32.7 Å². The number of hydrogen-bond acceptors (Lipinski definition) is 5. The minimum absolute atomic E-state index is 0.0915. The first kappa shape index (κ1) is 23.1. The lowest BCUT2D eigenvalue weighted by atomic mass is 10.0. The van der Waals surface area contributed by atoms with Gasteiger partial charge >= 0.3 is 0 Å². The molecule has 2 aromatic carbocycles. The van der Waals surface area contributed by atoms with Crippen LogP contribution in [0.3, 0.4) is 0 Å². The third-order valence-corrected chi connectivity index (χ3v) is 6.52. The van der Waals surface area contributed by atoms with E-state index in [9.17, 15) is 17.7 Å². The number of alkyl halides is 2. The third-order valence-electron chi connectivity index (χ3n) is 5.01. The van der Waals surface area contributed by atoms with E-state index in [0.29, 0.717) is 40.5 Å². The average molecular weight is 451 g/mol. The molecule has 1 atom stereocenters. The summed E-state index contributed by atoms with van der Waals surface area (Å²) in [7, 11) is -1.19. The fourth-order valence-electron chi connectivity index (χ4n) is 3.46. The van der Waals surface area contributed by atoms with Crippen LogP contribution in [0.15, 0.2) is 30.3 Å². The summed E-state index contributed by atoms with van der Waals surface area (Å²) >= 11 is 0. The molecule has 0 bridgehead atoms. The summed E-state index contributed by atoms with van der Waals surface area (Å²) < 4.78 is 60.5. The summed E-state index contributed by atoms with van der Waals surface area (Å²) in [5.41, 5.74) is -0.00769. The van der Waals surface area contributed by atoms with Gasteiger partial charge in [-0.15, -0.1) is 0 Å². The highest BCUT2D eigenvalue weighted by molar-refractivity contribution is 7.70. The first-order valence-corrected chi connectivity index (χ1v) is 12.3. The van der Waals surface area contributed by atoms with E-state index in [1.165, 1.54) is 19.2 Å². The summed E-state index contributed by atoms with van der Waals surface area (Å²) in [5.74, 6) is -2.95. The molecule has 0 fully saturated rings. The number of ether oxygens (including phenoxy) is 1. The molecule has 3 aromatic rings. The van der Waals surface area contributed by atoms with E-state index in [-0.39, 0.29) is 5.56 Å². The largest absolute Gasteiger partial charge is 0.496 e. The summed E-state index contributed by atoms with van der Waals surface area (Å²) in [6, 6.07) is 6.66. The standard InChI is InChI=1S/C22H25F3N3O2P/c1-12(14-8-7-9-16(20(14)23)22(3,24)25)26-21-15-10-19(31(5,6)29)18(30-4)11-17(15)27-13(2)28-21/h7-12H,1-6H3,(H,26,27,28)/t12-/m1/s1. The molecule has 0 aliphatic rings. The van der Waals surface area contributed by atoms with Crippen molar-refractivity contribution in [2.24, 2.45) is 0 Å². The molecular formula is C22H25F3N3O2P. The van der Waals surface area contributed by atoms with Gasteiger partial charge in [0.15, 0.2) is 0 Å². The second kappa shape index (κ2) is 8.15. The monoisotopic (exact) mass is 451 g/mol. The molecular weight excluding hydrogens is 426 g/mol. The maximum Gasteiger partial charge on any atom is 0.273 e. The Morgan fingerprint density at radius 3 is 2.45 bits per heavy atom. The number of anilines is 1. The molecule has 0 saturated heterocycles. The summed E-state index contributed by atoms with van der Waals surface area (Å²) in [6.45, 7) is 7.30. The van der Waals surface area contributed by atoms with Crippen molar-refractivity contribution >= 4 is 29.2 Å². The van der Waals surface area contributed by atoms with Gasteiger partial charge in [0.1, 0.15) is 30.4 Å². The molecule has 0 spiro atoms. The molecule has 1 aromatic heterocycles. The number of hydrogen-bond donors (Lipinski definition) is 1. The Morgan fingerprint density at radius 1 is 1.19 bits per heavy atom. The Morgan fingerprint density at radius 2 is 1.87 bits per heavy atom. The van der Waals surface area contributed by atoms with Crippen molar-refractivity contribution in [1.82, 2.24) is 9.97 Å². The van der Waals surface area contributed by atoms with Crippen molar-refractivity contribution in [3.8, 4) is 5.75 Å². The molecule has 3 rings (SSSR count). The highest BCUT2D eigenvalue weighted by atomic mass is 31.2.